The van der Waals surface area contributed by atoms with E-state index < -0.39 is 0 Å². The van der Waals surface area contributed by atoms with Crippen molar-refractivity contribution in [3.05, 3.63) is 23.8 Å². The smallest absolute Gasteiger partial charge is 0.0483 e. The molecule has 0 atom stereocenters. The molecule has 0 saturated carbocycles. The van der Waals surface area contributed by atoms with E-state index in [1.807, 2.05) is 18.0 Å². The van der Waals surface area contributed by atoms with Gasteiger partial charge in [-0.15, -0.1) is 23.5 Å². The molecule has 13 heavy (non-hydrogen) atoms. The Labute approximate surface area is 87.0 Å². The standard InChI is InChI=1S/C10H11NS2/c1-12-9-2-3-10-8(6-9)7-11-4-5-13-10/h2-3,6-7H,4-5H2,1H3. The van der Waals surface area contributed by atoms with Crippen LogP contribution in [-0.4, -0.2) is 24.8 Å². The maximum atomic E-state index is 4.33. The van der Waals surface area contributed by atoms with Gasteiger partial charge in [0.25, 0.3) is 0 Å². The van der Waals surface area contributed by atoms with Crippen LogP contribution >= 0.6 is 23.5 Å². The Morgan fingerprint density at radius 2 is 2.38 bits per heavy atom. The monoisotopic (exact) mass is 209 g/mol. The summed E-state index contributed by atoms with van der Waals surface area (Å²) in [5.74, 6) is 1.10. The summed E-state index contributed by atoms with van der Waals surface area (Å²) in [6.07, 6.45) is 4.10. The fourth-order valence-electron chi connectivity index (χ4n) is 1.26. The van der Waals surface area contributed by atoms with Gasteiger partial charge in [0.1, 0.15) is 0 Å². The van der Waals surface area contributed by atoms with E-state index in [1.54, 1.807) is 11.8 Å². The second-order valence-corrected chi connectivity index (χ2v) is 4.80. The summed E-state index contributed by atoms with van der Waals surface area (Å²) in [4.78, 5) is 7.01. The molecule has 0 fully saturated rings. The minimum absolute atomic E-state index is 0.938. The van der Waals surface area contributed by atoms with Crippen LogP contribution in [0.25, 0.3) is 0 Å². The van der Waals surface area contributed by atoms with E-state index in [1.165, 1.54) is 15.4 Å². The molecule has 0 bridgehead atoms. The summed E-state index contributed by atoms with van der Waals surface area (Å²) in [6.45, 7) is 0.938. The lowest BCUT2D eigenvalue weighted by Crippen LogP contribution is -1.84. The van der Waals surface area contributed by atoms with Crippen molar-refractivity contribution in [2.75, 3.05) is 18.6 Å². The summed E-state index contributed by atoms with van der Waals surface area (Å²) in [6, 6.07) is 6.58. The van der Waals surface area contributed by atoms with Gasteiger partial charge in [0, 0.05) is 33.9 Å². The van der Waals surface area contributed by atoms with Gasteiger partial charge < -0.3 is 0 Å². The van der Waals surface area contributed by atoms with Crippen molar-refractivity contribution in [1.29, 1.82) is 0 Å². The molecule has 0 radical (unpaired) electrons. The third-order valence-electron chi connectivity index (χ3n) is 1.93. The van der Waals surface area contributed by atoms with Gasteiger partial charge in [-0.1, -0.05) is 0 Å². The van der Waals surface area contributed by atoms with Crippen molar-refractivity contribution in [2.24, 2.45) is 4.99 Å². The Morgan fingerprint density at radius 1 is 1.46 bits per heavy atom. The Morgan fingerprint density at radius 3 is 3.23 bits per heavy atom. The van der Waals surface area contributed by atoms with Crippen molar-refractivity contribution in [3.8, 4) is 0 Å². The number of hydrogen-bond donors (Lipinski definition) is 0. The average Bonchev–Trinajstić information content (AvgIpc) is 2.41. The van der Waals surface area contributed by atoms with Gasteiger partial charge in [-0.25, -0.2) is 0 Å². The van der Waals surface area contributed by atoms with Gasteiger partial charge in [-0.2, -0.15) is 0 Å². The minimum Gasteiger partial charge on any atom is -0.292 e. The topological polar surface area (TPSA) is 12.4 Å². The van der Waals surface area contributed by atoms with Gasteiger partial charge >= 0.3 is 0 Å². The van der Waals surface area contributed by atoms with Gasteiger partial charge in [0.05, 0.1) is 0 Å². The van der Waals surface area contributed by atoms with Crippen LogP contribution in [0, 0.1) is 0 Å². The molecule has 1 aliphatic heterocycles. The highest BCUT2D eigenvalue weighted by Crippen LogP contribution is 2.27. The van der Waals surface area contributed by atoms with Crippen LogP contribution in [0.2, 0.25) is 0 Å². The van der Waals surface area contributed by atoms with Crippen molar-refractivity contribution in [1.82, 2.24) is 0 Å². The molecule has 0 unspecified atom stereocenters. The zero-order chi connectivity index (χ0) is 9.10. The highest BCUT2D eigenvalue weighted by atomic mass is 32.2. The van der Waals surface area contributed by atoms with Crippen LogP contribution in [0.1, 0.15) is 5.56 Å². The molecule has 1 aromatic carbocycles. The van der Waals surface area contributed by atoms with E-state index in [0.717, 1.165) is 12.3 Å². The fraction of sp³-hybridized carbons (Fsp3) is 0.300. The van der Waals surface area contributed by atoms with Crippen molar-refractivity contribution in [3.63, 3.8) is 0 Å². The van der Waals surface area contributed by atoms with Crippen molar-refractivity contribution < 1.29 is 0 Å². The largest absolute Gasteiger partial charge is 0.292 e. The molecule has 0 aromatic heterocycles. The molecule has 1 aliphatic rings. The lowest BCUT2D eigenvalue weighted by Gasteiger charge is -2.03. The quantitative estimate of drug-likeness (QED) is 0.659. The minimum atomic E-state index is 0.938. The van der Waals surface area contributed by atoms with Crippen LogP contribution in [0.15, 0.2) is 33.0 Å². The summed E-state index contributed by atoms with van der Waals surface area (Å²) >= 11 is 3.67. The molecule has 2 rings (SSSR count). The summed E-state index contributed by atoms with van der Waals surface area (Å²) in [5, 5.41) is 0. The van der Waals surface area contributed by atoms with Gasteiger partial charge in [0.2, 0.25) is 0 Å². The maximum Gasteiger partial charge on any atom is 0.0483 e. The van der Waals surface area contributed by atoms with Crippen LogP contribution in [0.5, 0.6) is 0 Å². The first-order chi connectivity index (χ1) is 6.40. The zero-order valence-electron chi connectivity index (χ0n) is 7.49. The van der Waals surface area contributed by atoms with Crippen LogP contribution < -0.4 is 0 Å². The van der Waals surface area contributed by atoms with Gasteiger partial charge in [-0.05, 0) is 24.5 Å². The second kappa shape index (κ2) is 4.20. The number of fused-ring (bicyclic) bond motifs is 1. The molecule has 68 valence electrons. The van der Waals surface area contributed by atoms with E-state index in [2.05, 4.69) is 29.4 Å². The lowest BCUT2D eigenvalue weighted by molar-refractivity contribution is 1.16. The molecule has 0 amide bonds. The van der Waals surface area contributed by atoms with Crippen molar-refractivity contribution >= 4 is 29.7 Å². The number of benzene rings is 1. The third-order valence-corrected chi connectivity index (χ3v) is 3.72. The van der Waals surface area contributed by atoms with E-state index in [9.17, 15) is 0 Å². The van der Waals surface area contributed by atoms with Crippen LogP contribution in [0.3, 0.4) is 0 Å². The average molecular weight is 209 g/mol. The number of thioether (sulfide) groups is 2. The molecule has 0 spiro atoms. The highest BCUT2D eigenvalue weighted by molar-refractivity contribution is 7.99. The van der Waals surface area contributed by atoms with Crippen molar-refractivity contribution in [2.45, 2.75) is 9.79 Å². The van der Waals surface area contributed by atoms with Crippen LogP contribution in [0.4, 0.5) is 0 Å². The second-order valence-electron chi connectivity index (χ2n) is 2.79. The van der Waals surface area contributed by atoms with Gasteiger partial charge in [0.15, 0.2) is 0 Å². The zero-order valence-corrected chi connectivity index (χ0v) is 9.12. The molecule has 3 heteroatoms. The first-order valence-electron chi connectivity index (χ1n) is 4.21. The van der Waals surface area contributed by atoms with E-state index >= 15 is 0 Å². The lowest BCUT2D eigenvalue weighted by atomic mass is 10.2. The number of hydrogen-bond acceptors (Lipinski definition) is 3. The van der Waals surface area contributed by atoms with E-state index in [-0.39, 0.29) is 0 Å². The predicted molar refractivity (Wildman–Crippen MR) is 61.4 cm³/mol. The summed E-state index contributed by atoms with van der Waals surface area (Å²) < 4.78 is 0. The Balaban J connectivity index is 2.41. The molecule has 0 N–H and O–H groups in total. The number of aliphatic imine (C=N–C) groups is 1. The van der Waals surface area contributed by atoms with Gasteiger partial charge in [-0.3, -0.25) is 4.99 Å². The molecular formula is C10H11NS2. The summed E-state index contributed by atoms with van der Waals surface area (Å²) in [7, 11) is 0. The van der Waals surface area contributed by atoms with E-state index in [4.69, 9.17) is 0 Å². The first-order valence-corrected chi connectivity index (χ1v) is 6.42. The molecule has 0 aliphatic carbocycles. The Bertz CT molecular complexity index is 334. The fourth-order valence-corrected chi connectivity index (χ4v) is 2.57. The highest BCUT2D eigenvalue weighted by Gasteiger charge is 2.04. The SMILES string of the molecule is CSc1ccc2c(c1)C=NCCS2. The molecule has 0 saturated heterocycles. The molecule has 1 nitrogen and oxygen atoms in total. The van der Waals surface area contributed by atoms with E-state index in [0.29, 0.717) is 0 Å². The molecule has 1 heterocycles. The number of nitrogens with zero attached hydrogens (tertiary/aromatic N) is 1. The Kier molecular flexibility index (Phi) is 2.96. The Hall–Kier alpha value is -0.410. The normalized spacial score (nSPS) is 15.2. The number of rotatable bonds is 1. The maximum absolute atomic E-state index is 4.33. The predicted octanol–water partition coefficient (Wildman–Crippen LogP) is 2.93. The first kappa shape index (κ1) is 9.16. The third kappa shape index (κ3) is 2.09. The molecule has 1 aromatic rings. The van der Waals surface area contributed by atoms with Crippen LogP contribution in [-0.2, 0) is 0 Å². The molecular weight excluding hydrogens is 198 g/mol. The summed E-state index contributed by atoms with van der Waals surface area (Å²) in [5.41, 5.74) is 1.27.